The van der Waals surface area contributed by atoms with Gasteiger partial charge in [-0.1, -0.05) is 0 Å². The Morgan fingerprint density at radius 3 is 2.58 bits per heavy atom. The number of rotatable bonds is 3. The van der Waals surface area contributed by atoms with E-state index in [1.807, 2.05) is 0 Å². The van der Waals surface area contributed by atoms with Crippen molar-refractivity contribution in [2.45, 2.75) is 17.9 Å². The van der Waals surface area contributed by atoms with Crippen molar-refractivity contribution in [2.75, 3.05) is 7.11 Å². The molecule has 0 aliphatic carbocycles. The zero-order valence-corrected chi connectivity index (χ0v) is 11.2. The summed E-state index contributed by atoms with van der Waals surface area (Å²) in [4.78, 5) is 11.1. The highest BCUT2D eigenvalue weighted by Crippen LogP contribution is 2.41. The van der Waals surface area contributed by atoms with E-state index in [0.29, 0.717) is 11.3 Å². The average molecular weight is 283 g/mol. The summed E-state index contributed by atoms with van der Waals surface area (Å²) >= 11 is 0. The topological polar surface area (TPSA) is 107 Å². The number of methoxy groups -OCH3 is 1. The zero-order valence-electron chi connectivity index (χ0n) is 10.4. The maximum atomic E-state index is 12.2. The third-order valence-electron chi connectivity index (χ3n) is 3.13. The number of hydrogen-bond donors (Lipinski definition) is 2. The molecule has 0 saturated heterocycles. The highest BCUT2D eigenvalue weighted by Gasteiger charge is 2.37. The molecule has 0 fully saturated rings. The fourth-order valence-electron chi connectivity index (χ4n) is 2.09. The lowest BCUT2D eigenvalue weighted by molar-refractivity contribution is -0.137. The second-order valence-corrected chi connectivity index (χ2v) is 6.21. The van der Waals surface area contributed by atoms with Crippen molar-refractivity contribution in [3.05, 3.63) is 28.7 Å². The third-order valence-corrected chi connectivity index (χ3v) is 5.09. The van der Waals surface area contributed by atoms with Crippen LogP contribution in [0.15, 0.2) is 28.0 Å². The van der Waals surface area contributed by atoms with Crippen molar-refractivity contribution < 1.29 is 23.1 Å². The van der Waals surface area contributed by atoms with Crippen LogP contribution >= 0.6 is 0 Å². The summed E-state index contributed by atoms with van der Waals surface area (Å²) in [6.45, 7) is 1.36. The van der Waals surface area contributed by atoms with E-state index >= 15 is 0 Å². The Balaban J connectivity index is 2.75. The van der Waals surface area contributed by atoms with Crippen molar-refractivity contribution in [3.63, 3.8) is 0 Å². The SMILES string of the molecule is COc1ccc2c(c1)C(C(N)C(=O)O)=C(C)S2(=O)=O. The molecule has 1 aliphatic heterocycles. The molecular weight excluding hydrogens is 270 g/mol. The molecule has 0 amide bonds. The van der Waals surface area contributed by atoms with Crippen molar-refractivity contribution >= 4 is 21.4 Å². The minimum Gasteiger partial charge on any atom is -0.497 e. The maximum Gasteiger partial charge on any atom is 0.325 e. The first-order valence-corrected chi connectivity index (χ1v) is 6.91. The van der Waals surface area contributed by atoms with Gasteiger partial charge in [0, 0.05) is 11.1 Å². The number of carboxylic acids is 1. The number of fused-ring (bicyclic) bond motifs is 1. The quantitative estimate of drug-likeness (QED) is 0.842. The van der Waals surface area contributed by atoms with Crippen LogP contribution in [0.25, 0.3) is 5.57 Å². The molecule has 1 atom stereocenters. The van der Waals surface area contributed by atoms with Gasteiger partial charge in [-0.3, -0.25) is 4.79 Å². The van der Waals surface area contributed by atoms with E-state index in [1.165, 1.54) is 32.2 Å². The number of hydrogen-bond acceptors (Lipinski definition) is 5. The van der Waals surface area contributed by atoms with Crippen molar-refractivity contribution in [1.29, 1.82) is 0 Å². The van der Waals surface area contributed by atoms with Gasteiger partial charge in [0.1, 0.15) is 11.8 Å². The van der Waals surface area contributed by atoms with Crippen molar-refractivity contribution in [2.24, 2.45) is 5.73 Å². The van der Waals surface area contributed by atoms with E-state index in [1.54, 1.807) is 0 Å². The number of ether oxygens (including phenoxy) is 1. The molecule has 19 heavy (non-hydrogen) atoms. The predicted octanol–water partition coefficient (Wildman–Crippen LogP) is 0.625. The molecule has 0 saturated carbocycles. The zero-order chi connectivity index (χ0) is 14.4. The molecule has 102 valence electrons. The van der Waals surface area contributed by atoms with Gasteiger partial charge < -0.3 is 15.6 Å². The summed E-state index contributed by atoms with van der Waals surface area (Å²) in [5, 5.41) is 9.00. The lowest BCUT2D eigenvalue weighted by atomic mass is 9.99. The molecule has 1 heterocycles. The molecule has 0 bridgehead atoms. The van der Waals surface area contributed by atoms with Crippen LogP contribution in [0.2, 0.25) is 0 Å². The summed E-state index contributed by atoms with van der Waals surface area (Å²) < 4.78 is 29.4. The molecule has 0 spiro atoms. The van der Waals surface area contributed by atoms with E-state index in [4.69, 9.17) is 15.6 Å². The van der Waals surface area contributed by atoms with Crippen LogP contribution in [0.1, 0.15) is 12.5 Å². The second kappa shape index (κ2) is 4.36. The minimum absolute atomic E-state index is 0.0225. The Labute approximate surface area is 110 Å². The molecule has 6 nitrogen and oxygen atoms in total. The highest BCUT2D eigenvalue weighted by molar-refractivity contribution is 7.95. The maximum absolute atomic E-state index is 12.2. The summed E-state index contributed by atoms with van der Waals surface area (Å²) in [7, 11) is -2.21. The summed E-state index contributed by atoms with van der Waals surface area (Å²) in [6, 6.07) is 3.01. The number of benzene rings is 1. The Kier molecular flexibility index (Phi) is 3.11. The smallest absolute Gasteiger partial charge is 0.325 e. The molecule has 1 aromatic rings. The van der Waals surface area contributed by atoms with E-state index in [-0.39, 0.29) is 15.4 Å². The highest BCUT2D eigenvalue weighted by atomic mass is 32.2. The Morgan fingerprint density at radius 1 is 1.42 bits per heavy atom. The first-order chi connectivity index (χ1) is 8.80. The fourth-order valence-corrected chi connectivity index (χ4v) is 3.65. The Bertz CT molecular complexity index is 690. The molecule has 0 aromatic heterocycles. The van der Waals surface area contributed by atoms with Gasteiger partial charge in [-0.2, -0.15) is 0 Å². The molecule has 0 radical (unpaired) electrons. The standard InChI is InChI=1S/C12H13NO5S/c1-6-10(11(13)12(14)15)8-5-7(18-2)3-4-9(8)19(6,16)17/h3-5,11H,13H2,1-2H3,(H,14,15). The number of nitrogens with two attached hydrogens (primary N) is 1. The molecular formula is C12H13NO5S. The van der Waals surface area contributed by atoms with Crippen LogP contribution in [0.3, 0.4) is 0 Å². The van der Waals surface area contributed by atoms with Gasteiger partial charge in [-0.05, 0) is 25.1 Å². The molecule has 2 rings (SSSR count). The van der Waals surface area contributed by atoms with E-state index < -0.39 is 21.8 Å². The number of carbonyl (C=O) groups is 1. The molecule has 1 aromatic carbocycles. The fraction of sp³-hybridized carbons (Fsp3) is 0.250. The van der Waals surface area contributed by atoms with Crippen LogP contribution in [0.4, 0.5) is 0 Å². The summed E-state index contributed by atoms with van der Waals surface area (Å²) in [6.07, 6.45) is 0. The average Bonchev–Trinajstić information content (AvgIpc) is 2.56. The van der Waals surface area contributed by atoms with Gasteiger partial charge in [-0.15, -0.1) is 0 Å². The summed E-state index contributed by atoms with van der Waals surface area (Å²) in [5.74, 6) is -0.834. The number of carboxylic acid groups (broad SMARTS) is 1. The van der Waals surface area contributed by atoms with E-state index in [0.717, 1.165) is 0 Å². The van der Waals surface area contributed by atoms with Crippen molar-refractivity contribution in [3.8, 4) is 5.75 Å². The molecule has 1 unspecified atom stereocenters. The van der Waals surface area contributed by atoms with Gasteiger partial charge in [0.05, 0.1) is 16.9 Å². The number of allylic oxidation sites excluding steroid dienone is 1. The second-order valence-electron chi connectivity index (χ2n) is 4.15. The van der Waals surface area contributed by atoms with Crippen molar-refractivity contribution in [1.82, 2.24) is 0 Å². The van der Waals surface area contributed by atoms with Gasteiger partial charge >= 0.3 is 5.97 Å². The van der Waals surface area contributed by atoms with Crippen LogP contribution < -0.4 is 10.5 Å². The molecule has 7 heteroatoms. The number of aliphatic carboxylic acids is 1. The van der Waals surface area contributed by atoms with Gasteiger partial charge in [0.25, 0.3) is 0 Å². The number of sulfone groups is 1. The van der Waals surface area contributed by atoms with Gasteiger partial charge in [0.2, 0.25) is 9.84 Å². The lowest BCUT2D eigenvalue weighted by Crippen LogP contribution is -2.31. The first-order valence-electron chi connectivity index (χ1n) is 5.43. The van der Waals surface area contributed by atoms with E-state index in [9.17, 15) is 13.2 Å². The minimum atomic E-state index is -3.66. The largest absolute Gasteiger partial charge is 0.497 e. The van der Waals surface area contributed by atoms with Gasteiger partial charge in [-0.25, -0.2) is 8.42 Å². The molecule has 3 N–H and O–H groups in total. The first kappa shape index (κ1) is 13.6. The normalized spacial score (nSPS) is 18.1. The van der Waals surface area contributed by atoms with Crippen LogP contribution in [0, 0.1) is 0 Å². The summed E-state index contributed by atoms with van der Waals surface area (Å²) in [5.41, 5.74) is 5.99. The van der Waals surface area contributed by atoms with Crippen LogP contribution in [-0.4, -0.2) is 32.6 Å². The lowest BCUT2D eigenvalue weighted by Gasteiger charge is -2.10. The Hall–Kier alpha value is -1.86. The van der Waals surface area contributed by atoms with E-state index in [2.05, 4.69) is 0 Å². The van der Waals surface area contributed by atoms with Crippen LogP contribution in [0.5, 0.6) is 5.75 Å². The molecule has 1 aliphatic rings. The predicted molar refractivity (Wildman–Crippen MR) is 68.4 cm³/mol. The monoisotopic (exact) mass is 283 g/mol. The Morgan fingerprint density at radius 2 is 2.05 bits per heavy atom. The third kappa shape index (κ3) is 1.91. The van der Waals surface area contributed by atoms with Gasteiger partial charge in [0.15, 0.2) is 0 Å². The van der Waals surface area contributed by atoms with Crippen LogP contribution in [-0.2, 0) is 14.6 Å².